The number of para-hydroxylation sites is 2. The Kier molecular flexibility index (Phi) is 9.87. The van der Waals surface area contributed by atoms with Crippen molar-refractivity contribution in [1.82, 2.24) is 10.6 Å². The fourth-order valence-corrected chi connectivity index (χ4v) is 2.44. The number of ether oxygens (including phenoxy) is 2. The maximum absolute atomic E-state index is 5.95. The molecule has 2 aromatic carbocycles. The van der Waals surface area contributed by atoms with Crippen molar-refractivity contribution in [3.8, 4) is 11.5 Å². The number of hydrogen-bond acceptors (Lipinski definition) is 3. The monoisotopic (exact) mass is 469 g/mol. The molecule has 2 aromatic rings. The van der Waals surface area contributed by atoms with Gasteiger partial charge >= 0.3 is 0 Å². The quantitative estimate of drug-likeness (QED) is 0.366. The van der Waals surface area contributed by atoms with Gasteiger partial charge in [-0.05, 0) is 31.5 Å². The second kappa shape index (κ2) is 11.6. The minimum atomic E-state index is -0.0399. The van der Waals surface area contributed by atoms with E-state index in [1.165, 1.54) is 5.56 Å². The lowest BCUT2D eigenvalue weighted by Crippen LogP contribution is -2.42. The Morgan fingerprint density at radius 3 is 2.23 bits per heavy atom. The number of halogens is 1. The summed E-state index contributed by atoms with van der Waals surface area (Å²) in [5.41, 5.74) is 1.21. The third kappa shape index (κ3) is 6.74. The number of nitrogens with zero attached hydrogens (tertiary/aromatic N) is 1. The molecule has 0 spiro atoms. The summed E-state index contributed by atoms with van der Waals surface area (Å²) in [5, 5.41) is 6.68. The average molecular weight is 469 g/mol. The highest BCUT2D eigenvalue weighted by molar-refractivity contribution is 14.0. The minimum Gasteiger partial charge on any atom is -0.493 e. The summed E-state index contributed by atoms with van der Waals surface area (Å²) in [6, 6.07) is 18.1. The van der Waals surface area contributed by atoms with Gasteiger partial charge in [0, 0.05) is 7.05 Å². The van der Waals surface area contributed by atoms with Crippen LogP contribution in [0.1, 0.15) is 25.5 Å². The zero-order valence-corrected chi connectivity index (χ0v) is 18.1. The Hall–Kier alpha value is -1.96. The first-order valence-corrected chi connectivity index (χ1v) is 8.45. The standard InChI is InChI=1S/C20H27N3O2.HI/c1-15(25-19-13-9-8-12-18(19)24-4)14-22-20(21-3)23-16(2)17-10-6-5-7-11-17;/h5-13,15-16H,14H2,1-4H3,(H2,21,22,23);1H. The van der Waals surface area contributed by atoms with E-state index in [2.05, 4.69) is 34.7 Å². The molecule has 2 N–H and O–H groups in total. The molecule has 0 amide bonds. The molecule has 0 aliphatic heterocycles. The maximum Gasteiger partial charge on any atom is 0.191 e. The average Bonchev–Trinajstić information content (AvgIpc) is 2.66. The first-order valence-electron chi connectivity index (χ1n) is 8.45. The Balaban J connectivity index is 0.00000338. The molecule has 0 heterocycles. The van der Waals surface area contributed by atoms with Crippen LogP contribution in [0.3, 0.4) is 0 Å². The molecule has 2 atom stereocenters. The molecular weight excluding hydrogens is 441 g/mol. The summed E-state index contributed by atoms with van der Waals surface area (Å²) in [6.07, 6.45) is -0.0399. The van der Waals surface area contributed by atoms with E-state index in [4.69, 9.17) is 9.47 Å². The van der Waals surface area contributed by atoms with E-state index in [-0.39, 0.29) is 36.1 Å². The van der Waals surface area contributed by atoms with Gasteiger partial charge in [-0.15, -0.1) is 24.0 Å². The molecule has 5 nitrogen and oxygen atoms in total. The summed E-state index contributed by atoms with van der Waals surface area (Å²) in [6.45, 7) is 4.74. The first kappa shape index (κ1) is 22.1. The van der Waals surface area contributed by atoms with E-state index >= 15 is 0 Å². The van der Waals surface area contributed by atoms with Gasteiger partial charge in [0.1, 0.15) is 6.10 Å². The van der Waals surface area contributed by atoms with Gasteiger partial charge in [-0.25, -0.2) is 0 Å². The lowest BCUT2D eigenvalue weighted by atomic mass is 10.1. The van der Waals surface area contributed by atoms with Gasteiger partial charge in [0.15, 0.2) is 17.5 Å². The van der Waals surface area contributed by atoms with Crippen LogP contribution in [0.25, 0.3) is 0 Å². The molecule has 0 aliphatic carbocycles. The van der Waals surface area contributed by atoms with Crippen LogP contribution in [0.5, 0.6) is 11.5 Å². The zero-order valence-electron chi connectivity index (χ0n) is 15.7. The van der Waals surface area contributed by atoms with Gasteiger partial charge in [-0.1, -0.05) is 42.5 Å². The smallest absolute Gasteiger partial charge is 0.191 e. The fraction of sp³-hybridized carbons (Fsp3) is 0.350. The van der Waals surface area contributed by atoms with Gasteiger partial charge < -0.3 is 20.1 Å². The van der Waals surface area contributed by atoms with E-state index in [0.717, 1.165) is 17.5 Å². The lowest BCUT2D eigenvalue weighted by molar-refractivity contribution is 0.213. The highest BCUT2D eigenvalue weighted by atomic mass is 127. The molecule has 6 heteroatoms. The van der Waals surface area contributed by atoms with Gasteiger partial charge in [0.05, 0.1) is 19.7 Å². The highest BCUT2D eigenvalue weighted by Gasteiger charge is 2.11. The van der Waals surface area contributed by atoms with Crippen LogP contribution in [0, 0.1) is 0 Å². The molecular formula is C20H28IN3O2. The van der Waals surface area contributed by atoms with Gasteiger partial charge in [-0.2, -0.15) is 0 Å². The van der Waals surface area contributed by atoms with Crippen molar-refractivity contribution in [2.45, 2.75) is 26.0 Å². The number of nitrogens with one attached hydrogen (secondary N) is 2. The molecule has 0 aromatic heterocycles. The molecule has 2 rings (SSSR count). The van der Waals surface area contributed by atoms with Crippen LogP contribution in [-0.2, 0) is 0 Å². The topological polar surface area (TPSA) is 54.9 Å². The largest absolute Gasteiger partial charge is 0.493 e. The van der Waals surface area contributed by atoms with Crippen LogP contribution in [-0.4, -0.2) is 32.8 Å². The van der Waals surface area contributed by atoms with Crippen molar-refractivity contribution in [2.75, 3.05) is 20.7 Å². The van der Waals surface area contributed by atoms with Crippen molar-refractivity contribution >= 4 is 29.9 Å². The molecule has 26 heavy (non-hydrogen) atoms. The third-order valence-electron chi connectivity index (χ3n) is 3.83. The minimum absolute atomic E-state index is 0. The summed E-state index contributed by atoms with van der Waals surface area (Å²) in [7, 11) is 3.40. The number of methoxy groups -OCH3 is 1. The predicted molar refractivity (Wildman–Crippen MR) is 118 cm³/mol. The normalized spacial score (nSPS) is 13.2. The Morgan fingerprint density at radius 1 is 1.00 bits per heavy atom. The van der Waals surface area contributed by atoms with Crippen molar-refractivity contribution in [1.29, 1.82) is 0 Å². The molecule has 0 saturated carbocycles. The van der Waals surface area contributed by atoms with Crippen molar-refractivity contribution < 1.29 is 9.47 Å². The molecule has 2 unspecified atom stereocenters. The first-order chi connectivity index (χ1) is 12.1. The molecule has 0 fully saturated rings. The second-order valence-corrected chi connectivity index (χ2v) is 5.81. The Morgan fingerprint density at radius 2 is 1.62 bits per heavy atom. The van der Waals surface area contributed by atoms with Crippen LogP contribution >= 0.6 is 24.0 Å². The van der Waals surface area contributed by atoms with Crippen molar-refractivity contribution in [2.24, 2.45) is 4.99 Å². The molecule has 0 bridgehead atoms. The number of hydrogen-bond donors (Lipinski definition) is 2. The molecule has 142 valence electrons. The summed E-state index contributed by atoms with van der Waals surface area (Å²) in [4.78, 5) is 4.28. The van der Waals surface area contributed by atoms with E-state index in [1.54, 1.807) is 14.2 Å². The zero-order chi connectivity index (χ0) is 18.1. The second-order valence-electron chi connectivity index (χ2n) is 5.81. The van der Waals surface area contributed by atoms with E-state index in [0.29, 0.717) is 6.54 Å². The van der Waals surface area contributed by atoms with Crippen molar-refractivity contribution in [3.05, 3.63) is 60.2 Å². The van der Waals surface area contributed by atoms with Gasteiger partial charge in [0.2, 0.25) is 0 Å². The SMILES string of the molecule is CN=C(NCC(C)Oc1ccccc1OC)NC(C)c1ccccc1.I. The molecule has 0 aliphatic rings. The van der Waals surface area contributed by atoms with Crippen LogP contribution < -0.4 is 20.1 Å². The fourth-order valence-electron chi connectivity index (χ4n) is 2.44. The Labute approximate surface area is 173 Å². The van der Waals surface area contributed by atoms with Gasteiger partial charge in [-0.3, -0.25) is 4.99 Å². The predicted octanol–water partition coefficient (Wildman–Crippen LogP) is 4.01. The Bertz CT molecular complexity index is 680. The summed E-state index contributed by atoms with van der Waals surface area (Å²) < 4.78 is 11.3. The highest BCUT2D eigenvalue weighted by Crippen LogP contribution is 2.26. The maximum atomic E-state index is 5.95. The van der Waals surface area contributed by atoms with E-state index in [1.807, 2.05) is 49.4 Å². The van der Waals surface area contributed by atoms with Gasteiger partial charge in [0.25, 0.3) is 0 Å². The number of guanidine groups is 1. The summed E-state index contributed by atoms with van der Waals surface area (Å²) >= 11 is 0. The van der Waals surface area contributed by atoms with E-state index < -0.39 is 0 Å². The van der Waals surface area contributed by atoms with E-state index in [9.17, 15) is 0 Å². The third-order valence-corrected chi connectivity index (χ3v) is 3.83. The van der Waals surface area contributed by atoms with Crippen LogP contribution in [0.4, 0.5) is 0 Å². The number of aliphatic imine (C=N–C) groups is 1. The lowest BCUT2D eigenvalue weighted by Gasteiger charge is -2.21. The van der Waals surface area contributed by atoms with Crippen molar-refractivity contribution in [3.63, 3.8) is 0 Å². The van der Waals surface area contributed by atoms with Crippen LogP contribution in [0.15, 0.2) is 59.6 Å². The molecule has 0 radical (unpaired) electrons. The summed E-state index contributed by atoms with van der Waals surface area (Å²) in [5.74, 6) is 2.21. The number of benzene rings is 2. The number of rotatable bonds is 7. The molecule has 0 saturated heterocycles. The van der Waals surface area contributed by atoms with Crippen LogP contribution in [0.2, 0.25) is 0 Å².